The first-order valence-corrected chi connectivity index (χ1v) is 7.50. The van der Waals surface area contributed by atoms with Crippen LogP contribution in [-0.4, -0.2) is 19.3 Å². The quantitative estimate of drug-likeness (QED) is 0.817. The SMILES string of the molecule is CCCNC(CCC1CCCO1)c1ccc(F)c(F)c1. The maximum Gasteiger partial charge on any atom is 0.159 e. The van der Waals surface area contributed by atoms with Crippen LogP contribution in [0.2, 0.25) is 0 Å². The zero-order valence-corrected chi connectivity index (χ0v) is 12.0. The van der Waals surface area contributed by atoms with Crippen LogP contribution in [-0.2, 0) is 4.74 Å². The molecule has 1 heterocycles. The van der Waals surface area contributed by atoms with Crippen LogP contribution < -0.4 is 5.32 Å². The summed E-state index contributed by atoms with van der Waals surface area (Å²) in [6, 6.07) is 4.24. The highest BCUT2D eigenvalue weighted by Gasteiger charge is 2.19. The molecule has 2 unspecified atom stereocenters. The number of halogens is 2. The van der Waals surface area contributed by atoms with Gasteiger partial charge in [0, 0.05) is 12.6 Å². The normalized spacial score (nSPS) is 20.2. The summed E-state index contributed by atoms with van der Waals surface area (Å²) in [7, 11) is 0. The van der Waals surface area contributed by atoms with E-state index in [0.717, 1.165) is 50.8 Å². The zero-order chi connectivity index (χ0) is 14.4. The molecule has 0 amide bonds. The van der Waals surface area contributed by atoms with E-state index in [0.29, 0.717) is 6.10 Å². The summed E-state index contributed by atoms with van der Waals surface area (Å²) in [5, 5.41) is 3.41. The first-order valence-electron chi connectivity index (χ1n) is 7.50. The third kappa shape index (κ3) is 4.25. The van der Waals surface area contributed by atoms with Gasteiger partial charge in [-0.1, -0.05) is 13.0 Å². The van der Waals surface area contributed by atoms with E-state index in [1.807, 2.05) is 0 Å². The maximum absolute atomic E-state index is 13.4. The predicted molar refractivity (Wildman–Crippen MR) is 75.6 cm³/mol. The average Bonchev–Trinajstić information content (AvgIpc) is 2.95. The molecule has 0 saturated carbocycles. The molecule has 2 rings (SSSR count). The number of nitrogens with one attached hydrogen (secondary N) is 1. The minimum Gasteiger partial charge on any atom is -0.378 e. The molecule has 0 aliphatic carbocycles. The van der Waals surface area contributed by atoms with Crippen LogP contribution in [0.25, 0.3) is 0 Å². The molecule has 4 heteroatoms. The first-order chi connectivity index (χ1) is 9.70. The lowest BCUT2D eigenvalue weighted by Gasteiger charge is -2.21. The van der Waals surface area contributed by atoms with Crippen molar-refractivity contribution in [2.24, 2.45) is 0 Å². The van der Waals surface area contributed by atoms with Crippen LogP contribution in [0, 0.1) is 11.6 Å². The van der Waals surface area contributed by atoms with Crippen molar-refractivity contribution in [2.75, 3.05) is 13.2 Å². The van der Waals surface area contributed by atoms with Crippen LogP contribution in [0.4, 0.5) is 8.78 Å². The van der Waals surface area contributed by atoms with E-state index in [2.05, 4.69) is 12.2 Å². The second-order valence-electron chi connectivity index (χ2n) is 5.39. The van der Waals surface area contributed by atoms with Gasteiger partial charge in [0.15, 0.2) is 11.6 Å². The third-order valence-electron chi connectivity index (χ3n) is 3.79. The Morgan fingerprint density at radius 1 is 1.35 bits per heavy atom. The number of rotatable bonds is 7. The van der Waals surface area contributed by atoms with E-state index in [4.69, 9.17) is 4.74 Å². The standard InChI is InChI=1S/C16H23F2NO/c1-2-9-19-16(8-6-13-4-3-10-20-13)12-5-7-14(17)15(18)11-12/h5,7,11,13,16,19H,2-4,6,8-10H2,1H3. The number of hydrogen-bond donors (Lipinski definition) is 1. The van der Waals surface area contributed by atoms with E-state index in [-0.39, 0.29) is 6.04 Å². The Balaban J connectivity index is 1.99. The molecule has 1 aromatic carbocycles. The average molecular weight is 283 g/mol. The molecule has 112 valence electrons. The molecule has 1 aliphatic heterocycles. The molecule has 2 nitrogen and oxygen atoms in total. The van der Waals surface area contributed by atoms with Crippen molar-refractivity contribution < 1.29 is 13.5 Å². The monoisotopic (exact) mass is 283 g/mol. The van der Waals surface area contributed by atoms with Gasteiger partial charge in [-0.25, -0.2) is 8.78 Å². The molecule has 1 aliphatic rings. The first kappa shape index (κ1) is 15.4. The highest BCUT2D eigenvalue weighted by molar-refractivity contribution is 5.21. The lowest BCUT2D eigenvalue weighted by molar-refractivity contribution is 0.0996. The molecule has 0 spiro atoms. The lowest BCUT2D eigenvalue weighted by Crippen LogP contribution is -2.23. The van der Waals surface area contributed by atoms with E-state index < -0.39 is 11.6 Å². The van der Waals surface area contributed by atoms with Crippen LogP contribution >= 0.6 is 0 Å². The fraction of sp³-hybridized carbons (Fsp3) is 0.625. The Kier molecular flexibility index (Phi) is 5.92. The van der Waals surface area contributed by atoms with Gasteiger partial charge < -0.3 is 10.1 Å². The fourth-order valence-corrected chi connectivity index (χ4v) is 2.66. The summed E-state index contributed by atoms with van der Waals surface area (Å²) in [4.78, 5) is 0. The van der Waals surface area contributed by atoms with Crippen LogP contribution in [0.1, 0.15) is 50.6 Å². The smallest absolute Gasteiger partial charge is 0.159 e. The Hall–Kier alpha value is -1.00. The molecule has 2 atom stereocenters. The topological polar surface area (TPSA) is 21.3 Å². The van der Waals surface area contributed by atoms with Gasteiger partial charge >= 0.3 is 0 Å². The minimum absolute atomic E-state index is 0.0641. The van der Waals surface area contributed by atoms with E-state index >= 15 is 0 Å². The van der Waals surface area contributed by atoms with Gasteiger partial charge in [-0.05, 0) is 56.3 Å². The minimum atomic E-state index is -0.790. The van der Waals surface area contributed by atoms with E-state index in [1.165, 1.54) is 12.1 Å². The summed E-state index contributed by atoms with van der Waals surface area (Å²) in [6.07, 6.45) is 5.42. The van der Waals surface area contributed by atoms with Crippen LogP contribution in [0.5, 0.6) is 0 Å². The second kappa shape index (κ2) is 7.70. The van der Waals surface area contributed by atoms with Crippen molar-refractivity contribution in [1.29, 1.82) is 0 Å². The largest absolute Gasteiger partial charge is 0.378 e. The number of ether oxygens (including phenoxy) is 1. The van der Waals surface area contributed by atoms with Gasteiger partial charge in [0.25, 0.3) is 0 Å². The van der Waals surface area contributed by atoms with E-state index in [9.17, 15) is 8.78 Å². The Morgan fingerprint density at radius 3 is 2.85 bits per heavy atom. The number of hydrogen-bond acceptors (Lipinski definition) is 2. The highest BCUT2D eigenvalue weighted by atomic mass is 19.2. The van der Waals surface area contributed by atoms with Crippen molar-refractivity contribution >= 4 is 0 Å². The summed E-state index contributed by atoms with van der Waals surface area (Å²) >= 11 is 0. The Labute approximate surface area is 119 Å². The van der Waals surface area contributed by atoms with Gasteiger partial charge in [0.05, 0.1) is 6.10 Å². The van der Waals surface area contributed by atoms with Crippen LogP contribution in [0.3, 0.4) is 0 Å². The molecular formula is C16H23F2NO. The molecule has 1 saturated heterocycles. The molecule has 1 N–H and O–H groups in total. The Morgan fingerprint density at radius 2 is 2.20 bits per heavy atom. The third-order valence-corrected chi connectivity index (χ3v) is 3.79. The van der Waals surface area contributed by atoms with Crippen molar-refractivity contribution in [3.05, 3.63) is 35.4 Å². The van der Waals surface area contributed by atoms with Crippen molar-refractivity contribution in [3.63, 3.8) is 0 Å². The summed E-state index contributed by atoms with van der Waals surface area (Å²) in [5.41, 5.74) is 0.815. The van der Waals surface area contributed by atoms with Gasteiger partial charge in [-0.3, -0.25) is 0 Å². The zero-order valence-electron chi connectivity index (χ0n) is 12.0. The summed E-state index contributed by atoms with van der Waals surface area (Å²) in [5.74, 6) is -1.56. The van der Waals surface area contributed by atoms with Crippen molar-refractivity contribution in [2.45, 2.75) is 51.2 Å². The molecule has 1 aromatic rings. The predicted octanol–water partition coefficient (Wildman–Crippen LogP) is 3.96. The molecule has 20 heavy (non-hydrogen) atoms. The molecular weight excluding hydrogens is 260 g/mol. The highest BCUT2D eigenvalue weighted by Crippen LogP contribution is 2.25. The van der Waals surface area contributed by atoms with Gasteiger partial charge in [-0.2, -0.15) is 0 Å². The van der Waals surface area contributed by atoms with Gasteiger partial charge in [0.1, 0.15) is 0 Å². The van der Waals surface area contributed by atoms with Gasteiger partial charge in [-0.15, -0.1) is 0 Å². The van der Waals surface area contributed by atoms with Crippen molar-refractivity contribution in [3.8, 4) is 0 Å². The summed E-state index contributed by atoms with van der Waals surface area (Å²) in [6.45, 7) is 3.81. The molecule has 1 fully saturated rings. The molecule has 0 aromatic heterocycles. The Bertz CT molecular complexity index is 419. The lowest BCUT2D eigenvalue weighted by atomic mass is 9.99. The fourth-order valence-electron chi connectivity index (χ4n) is 2.66. The number of benzene rings is 1. The van der Waals surface area contributed by atoms with Crippen molar-refractivity contribution in [1.82, 2.24) is 5.32 Å². The van der Waals surface area contributed by atoms with E-state index in [1.54, 1.807) is 6.07 Å². The van der Waals surface area contributed by atoms with Gasteiger partial charge in [0.2, 0.25) is 0 Å². The molecule has 0 bridgehead atoms. The maximum atomic E-state index is 13.4. The van der Waals surface area contributed by atoms with Crippen LogP contribution in [0.15, 0.2) is 18.2 Å². The summed E-state index contributed by atoms with van der Waals surface area (Å²) < 4.78 is 32.0. The molecule has 0 radical (unpaired) electrons. The second-order valence-corrected chi connectivity index (χ2v) is 5.39.